The fourth-order valence-corrected chi connectivity index (χ4v) is 7.03. The lowest BCUT2D eigenvalue weighted by atomic mass is 9.89. The van der Waals surface area contributed by atoms with Crippen molar-refractivity contribution in [3.05, 3.63) is 58.7 Å². The fraction of sp³-hybridized carbons (Fsp3) is 0.444. The molecule has 4 aliphatic rings. The van der Waals surface area contributed by atoms with Crippen LogP contribution in [0, 0.1) is 5.41 Å². The molecule has 182 valence electrons. The lowest BCUT2D eigenvalue weighted by Crippen LogP contribution is -2.54. The average molecular weight is 494 g/mol. The van der Waals surface area contributed by atoms with Gasteiger partial charge in [-0.1, -0.05) is 17.7 Å². The highest BCUT2D eigenvalue weighted by atomic mass is 35.5. The van der Waals surface area contributed by atoms with Gasteiger partial charge in [-0.15, -0.1) is 0 Å². The molecule has 3 fully saturated rings. The van der Waals surface area contributed by atoms with Crippen molar-refractivity contribution in [3.63, 3.8) is 0 Å². The third kappa shape index (κ3) is 3.40. The van der Waals surface area contributed by atoms with Crippen molar-refractivity contribution in [1.29, 1.82) is 0 Å². The number of nitrogens with zero attached hydrogens (tertiary/aromatic N) is 2. The molecule has 5 atom stereocenters. The minimum absolute atomic E-state index is 0.302. The van der Waals surface area contributed by atoms with Crippen LogP contribution in [0.25, 0.3) is 10.9 Å². The summed E-state index contributed by atoms with van der Waals surface area (Å²) in [7, 11) is 1.64. The maximum Gasteiger partial charge on any atom is 0.231 e. The van der Waals surface area contributed by atoms with Crippen molar-refractivity contribution in [1.82, 2.24) is 15.2 Å². The SMILES string of the molecule is COc1ccc2ncc(Cl)c(C(O)CN3C4CC(NCc5ccc6c(c5)OCO6)CC45CC35)c2c1. The van der Waals surface area contributed by atoms with E-state index in [-0.39, 0.29) is 0 Å². The van der Waals surface area contributed by atoms with Crippen LogP contribution < -0.4 is 19.5 Å². The standard InChI is InChI=1S/C27H28ClN3O4/c1-33-17-3-4-20-18(8-17)26(19(28)12-30-20)21(32)13-31-24-7-16(9-27(24)10-25(27)31)29-11-15-2-5-22-23(6-15)35-14-34-22/h2-6,8,12,16,21,24-25,29,32H,7,9-11,13-14H2,1H3. The molecular formula is C27H28ClN3O4. The second-order valence-electron chi connectivity index (χ2n) is 10.3. The molecule has 2 saturated carbocycles. The Balaban J connectivity index is 1.03. The molecule has 7 nitrogen and oxygen atoms in total. The predicted octanol–water partition coefficient (Wildman–Crippen LogP) is 4.05. The summed E-state index contributed by atoms with van der Waals surface area (Å²) in [6.07, 6.45) is 4.49. The van der Waals surface area contributed by atoms with E-state index in [0.29, 0.717) is 41.9 Å². The van der Waals surface area contributed by atoms with Gasteiger partial charge in [0.2, 0.25) is 6.79 Å². The van der Waals surface area contributed by atoms with Gasteiger partial charge in [0.05, 0.1) is 23.8 Å². The lowest BCUT2D eigenvalue weighted by molar-refractivity contribution is -0.00564. The molecule has 35 heavy (non-hydrogen) atoms. The van der Waals surface area contributed by atoms with E-state index in [1.807, 2.05) is 24.3 Å². The number of aliphatic hydroxyl groups is 1. The molecule has 8 heteroatoms. The molecule has 0 radical (unpaired) electrons. The largest absolute Gasteiger partial charge is 0.497 e. The van der Waals surface area contributed by atoms with Crippen molar-refractivity contribution >= 4 is 22.5 Å². The fourth-order valence-electron chi connectivity index (χ4n) is 6.76. The molecule has 0 bridgehead atoms. The van der Waals surface area contributed by atoms with Crippen molar-refractivity contribution in [2.45, 2.75) is 50.0 Å². The summed E-state index contributed by atoms with van der Waals surface area (Å²) in [5.74, 6) is 2.38. The molecule has 1 saturated heterocycles. The minimum atomic E-state index is -0.681. The molecule has 2 aliphatic heterocycles. The first-order valence-corrected chi connectivity index (χ1v) is 12.6. The monoisotopic (exact) mass is 493 g/mol. The Hall–Kier alpha value is -2.58. The van der Waals surface area contributed by atoms with Crippen LogP contribution in [0.2, 0.25) is 5.02 Å². The number of fused-ring (bicyclic) bond motifs is 2. The highest BCUT2D eigenvalue weighted by Crippen LogP contribution is 2.70. The number of benzene rings is 2. The third-order valence-electron chi connectivity index (χ3n) is 8.49. The molecule has 3 aromatic rings. The summed E-state index contributed by atoms with van der Waals surface area (Å²) in [5, 5.41) is 16.4. The first kappa shape index (κ1) is 21.7. The normalized spacial score (nSPS) is 28.9. The van der Waals surface area contributed by atoms with Crippen molar-refractivity contribution < 1.29 is 19.3 Å². The quantitative estimate of drug-likeness (QED) is 0.514. The van der Waals surface area contributed by atoms with Gasteiger partial charge in [-0.2, -0.15) is 0 Å². The van der Waals surface area contributed by atoms with E-state index in [4.69, 9.17) is 25.8 Å². The van der Waals surface area contributed by atoms with Crippen LogP contribution in [0.15, 0.2) is 42.6 Å². The average Bonchev–Trinajstić information content (AvgIpc) is 3.13. The molecule has 3 heterocycles. The Morgan fingerprint density at radius 2 is 2.09 bits per heavy atom. The molecule has 0 amide bonds. The molecule has 5 unspecified atom stereocenters. The summed E-state index contributed by atoms with van der Waals surface area (Å²) in [5.41, 5.74) is 3.19. The van der Waals surface area contributed by atoms with Crippen LogP contribution in [0.3, 0.4) is 0 Å². The lowest BCUT2D eigenvalue weighted by Gasteiger charge is -2.44. The number of halogens is 1. The number of β-amino-alcohol motifs (C(OH)–C–C–N with tert-alkyl or cyclic N) is 1. The van der Waals surface area contributed by atoms with E-state index in [0.717, 1.165) is 46.7 Å². The van der Waals surface area contributed by atoms with E-state index in [1.54, 1.807) is 13.3 Å². The van der Waals surface area contributed by atoms with E-state index in [2.05, 4.69) is 27.3 Å². The Morgan fingerprint density at radius 1 is 1.20 bits per heavy atom. The Labute approximate surface area is 208 Å². The molecule has 7 rings (SSSR count). The van der Waals surface area contributed by atoms with Gasteiger partial charge in [-0.3, -0.25) is 9.88 Å². The smallest absolute Gasteiger partial charge is 0.231 e. The summed E-state index contributed by atoms with van der Waals surface area (Å²) < 4.78 is 16.3. The maximum absolute atomic E-state index is 11.3. The topological polar surface area (TPSA) is 76.1 Å². The molecular weight excluding hydrogens is 466 g/mol. The first-order chi connectivity index (χ1) is 17.1. The summed E-state index contributed by atoms with van der Waals surface area (Å²) >= 11 is 6.54. The van der Waals surface area contributed by atoms with Gasteiger partial charge in [0.15, 0.2) is 11.5 Å². The van der Waals surface area contributed by atoms with Gasteiger partial charge in [-0.25, -0.2) is 0 Å². The number of aliphatic hydroxyl groups excluding tert-OH is 1. The van der Waals surface area contributed by atoms with E-state index < -0.39 is 6.10 Å². The third-order valence-corrected chi connectivity index (χ3v) is 8.79. The number of likely N-dealkylation sites (tertiary alicyclic amines) is 1. The van der Waals surface area contributed by atoms with Crippen molar-refractivity contribution in [2.75, 3.05) is 20.4 Å². The summed E-state index contributed by atoms with van der Waals surface area (Å²) in [6.45, 7) is 1.70. The Morgan fingerprint density at radius 3 is 2.97 bits per heavy atom. The molecule has 2 N–H and O–H groups in total. The molecule has 1 spiro atoms. The highest BCUT2D eigenvalue weighted by Gasteiger charge is 2.75. The van der Waals surface area contributed by atoms with Crippen LogP contribution in [0.5, 0.6) is 17.2 Å². The van der Waals surface area contributed by atoms with Crippen molar-refractivity contribution in [2.24, 2.45) is 5.41 Å². The van der Waals surface area contributed by atoms with Crippen LogP contribution in [0.4, 0.5) is 0 Å². The Bertz CT molecular complexity index is 1320. The van der Waals surface area contributed by atoms with E-state index in [9.17, 15) is 5.11 Å². The Kier molecular flexibility index (Phi) is 4.93. The van der Waals surface area contributed by atoms with Gasteiger partial charge in [0, 0.05) is 53.8 Å². The van der Waals surface area contributed by atoms with Gasteiger partial charge in [-0.05, 0) is 55.2 Å². The van der Waals surface area contributed by atoms with Crippen molar-refractivity contribution in [3.8, 4) is 17.2 Å². The van der Waals surface area contributed by atoms with Gasteiger partial charge in [0.1, 0.15) is 5.75 Å². The van der Waals surface area contributed by atoms with Gasteiger partial charge in [0.25, 0.3) is 0 Å². The number of methoxy groups -OCH3 is 1. The zero-order chi connectivity index (χ0) is 23.7. The number of hydrogen-bond acceptors (Lipinski definition) is 7. The number of ether oxygens (including phenoxy) is 3. The van der Waals surface area contributed by atoms with Crippen LogP contribution in [-0.2, 0) is 6.54 Å². The minimum Gasteiger partial charge on any atom is -0.497 e. The van der Waals surface area contributed by atoms with Crippen LogP contribution >= 0.6 is 11.6 Å². The zero-order valence-electron chi connectivity index (χ0n) is 19.5. The summed E-state index contributed by atoms with van der Waals surface area (Å²) in [6, 6.07) is 13.4. The van der Waals surface area contributed by atoms with E-state index in [1.165, 1.54) is 18.4 Å². The second kappa shape index (κ2) is 7.96. The number of nitrogens with one attached hydrogen (secondary N) is 1. The van der Waals surface area contributed by atoms with Crippen LogP contribution in [-0.4, -0.2) is 53.6 Å². The first-order valence-electron chi connectivity index (χ1n) is 12.2. The molecule has 1 aromatic heterocycles. The number of pyridine rings is 1. The van der Waals surface area contributed by atoms with Gasteiger partial charge >= 0.3 is 0 Å². The number of aromatic nitrogens is 1. The van der Waals surface area contributed by atoms with Gasteiger partial charge < -0.3 is 24.6 Å². The second-order valence-corrected chi connectivity index (χ2v) is 10.7. The molecule has 2 aromatic carbocycles. The zero-order valence-corrected chi connectivity index (χ0v) is 20.3. The van der Waals surface area contributed by atoms with E-state index >= 15 is 0 Å². The number of hydrogen-bond donors (Lipinski definition) is 2. The highest BCUT2D eigenvalue weighted by molar-refractivity contribution is 6.32. The predicted molar refractivity (Wildman–Crippen MR) is 132 cm³/mol. The maximum atomic E-state index is 11.3. The van der Waals surface area contributed by atoms with Crippen LogP contribution in [0.1, 0.15) is 36.5 Å². The summed E-state index contributed by atoms with van der Waals surface area (Å²) in [4.78, 5) is 6.92. The molecule has 2 aliphatic carbocycles. The number of rotatable bonds is 7.